The molecule has 1 N–H and O–H groups in total. The summed E-state index contributed by atoms with van der Waals surface area (Å²) in [5.41, 5.74) is 1.18. The lowest BCUT2D eigenvalue weighted by Gasteiger charge is -2.23. The molecular formula is C25H44O3. The molecule has 0 aliphatic carbocycles. The average Bonchev–Trinajstić information content (AvgIpc) is 2.60. The number of aliphatic hydroxyl groups excluding tert-OH is 1. The third-order valence-corrected chi connectivity index (χ3v) is 5.42. The first-order chi connectivity index (χ1) is 13.4. The van der Waals surface area contributed by atoms with Gasteiger partial charge in [0.1, 0.15) is 6.79 Å². The number of aliphatic hydroxyl groups is 1. The van der Waals surface area contributed by atoms with Gasteiger partial charge >= 0.3 is 0 Å². The Balaban J connectivity index is 2.02. The summed E-state index contributed by atoms with van der Waals surface area (Å²) < 4.78 is 11.2. The number of hydrogen-bond donors (Lipinski definition) is 1. The standard InChI is InChI=1S/C25H44O3/c1-20(14-21(2)15-22(3)16-23(4)17-24(5)26)10-9-13-27-19-28-18-25-11-7-6-8-12-25/h6-8,11-12,20-24,26H,9-10,13-19H2,1-5H3. The minimum absolute atomic E-state index is 0.175. The molecule has 0 aliphatic rings. The van der Waals surface area contributed by atoms with Crippen LogP contribution < -0.4 is 0 Å². The van der Waals surface area contributed by atoms with Gasteiger partial charge in [-0.1, -0.05) is 58.0 Å². The largest absolute Gasteiger partial charge is 0.393 e. The summed E-state index contributed by atoms with van der Waals surface area (Å²) in [7, 11) is 0. The lowest BCUT2D eigenvalue weighted by molar-refractivity contribution is -0.0628. The fraction of sp³-hybridized carbons (Fsp3) is 0.760. The zero-order valence-electron chi connectivity index (χ0n) is 18.9. The highest BCUT2D eigenvalue weighted by atomic mass is 16.7. The zero-order valence-corrected chi connectivity index (χ0v) is 18.9. The molecule has 0 spiro atoms. The van der Waals surface area contributed by atoms with E-state index in [9.17, 15) is 5.11 Å². The summed E-state index contributed by atoms with van der Waals surface area (Å²) in [4.78, 5) is 0. The van der Waals surface area contributed by atoms with Crippen LogP contribution in [0.5, 0.6) is 0 Å². The Morgan fingerprint density at radius 1 is 0.750 bits per heavy atom. The third kappa shape index (κ3) is 13.3. The molecule has 0 aromatic heterocycles. The molecule has 0 fully saturated rings. The van der Waals surface area contributed by atoms with Crippen LogP contribution in [-0.2, 0) is 16.1 Å². The van der Waals surface area contributed by atoms with E-state index >= 15 is 0 Å². The third-order valence-electron chi connectivity index (χ3n) is 5.42. The normalized spacial score (nSPS) is 17.1. The first kappa shape index (κ1) is 25.1. The first-order valence-corrected chi connectivity index (χ1v) is 11.2. The van der Waals surface area contributed by atoms with Crippen LogP contribution in [0.15, 0.2) is 30.3 Å². The van der Waals surface area contributed by atoms with Crippen molar-refractivity contribution >= 4 is 0 Å². The molecule has 5 atom stereocenters. The summed E-state index contributed by atoms with van der Waals surface area (Å²) >= 11 is 0. The van der Waals surface area contributed by atoms with Crippen molar-refractivity contribution < 1.29 is 14.6 Å². The molecule has 0 saturated heterocycles. The summed E-state index contributed by atoms with van der Waals surface area (Å²) in [5, 5.41) is 9.52. The number of hydrogen-bond acceptors (Lipinski definition) is 3. The molecule has 1 aromatic rings. The van der Waals surface area contributed by atoms with Crippen LogP contribution >= 0.6 is 0 Å². The number of benzene rings is 1. The number of rotatable bonds is 16. The molecule has 1 aromatic carbocycles. The molecule has 5 unspecified atom stereocenters. The SMILES string of the molecule is CC(O)CC(C)CC(C)CC(C)CC(C)CCCOCOCc1ccccc1. The van der Waals surface area contributed by atoms with Gasteiger partial charge in [-0.3, -0.25) is 0 Å². The number of ether oxygens (including phenoxy) is 2. The van der Waals surface area contributed by atoms with Crippen LogP contribution in [-0.4, -0.2) is 24.6 Å². The van der Waals surface area contributed by atoms with E-state index in [4.69, 9.17) is 9.47 Å². The predicted molar refractivity (Wildman–Crippen MR) is 118 cm³/mol. The van der Waals surface area contributed by atoms with Crippen LogP contribution in [0.25, 0.3) is 0 Å². The van der Waals surface area contributed by atoms with E-state index in [0.29, 0.717) is 19.3 Å². The van der Waals surface area contributed by atoms with E-state index < -0.39 is 0 Å². The van der Waals surface area contributed by atoms with Crippen LogP contribution in [0.4, 0.5) is 0 Å². The molecule has 3 heteroatoms. The maximum atomic E-state index is 9.52. The van der Waals surface area contributed by atoms with Crippen molar-refractivity contribution in [3.63, 3.8) is 0 Å². The monoisotopic (exact) mass is 392 g/mol. The van der Waals surface area contributed by atoms with E-state index in [1.807, 2.05) is 25.1 Å². The molecule has 0 saturated carbocycles. The Labute approximate surface area is 173 Å². The summed E-state index contributed by atoms with van der Waals surface area (Å²) in [5.74, 6) is 2.85. The Kier molecular flexibility index (Phi) is 13.5. The fourth-order valence-electron chi connectivity index (χ4n) is 4.43. The van der Waals surface area contributed by atoms with Crippen LogP contribution in [0.1, 0.15) is 78.7 Å². The Hall–Kier alpha value is -0.900. The average molecular weight is 393 g/mol. The molecule has 0 bridgehead atoms. The van der Waals surface area contributed by atoms with E-state index in [0.717, 1.165) is 37.2 Å². The van der Waals surface area contributed by atoms with Gasteiger partial charge in [0, 0.05) is 6.61 Å². The van der Waals surface area contributed by atoms with Crippen molar-refractivity contribution in [2.75, 3.05) is 13.4 Å². The van der Waals surface area contributed by atoms with Gasteiger partial charge < -0.3 is 14.6 Å². The Morgan fingerprint density at radius 2 is 1.32 bits per heavy atom. The van der Waals surface area contributed by atoms with Gasteiger partial charge in [0.2, 0.25) is 0 Å². The van der Waals surface area contributed by atoms with E-state index in [-0.39, 0.29) is 6.10 Å². The second-order valence-corrected chi connectivity index (χ2v) is 9.21. The van der Waals surface area contributed by atoms with E-state index in [1.54, 1.807) is 0 Å². The van der Waals surface area contributed by atoms with Gasteiger partial charge in [-0.15, -0.1) is 0 Å². The maximum Gasteiger partial charge on any atom is 0.147 e. The van der Waals surface area contributed by atoms with Crippen LogP contribution in [0, 0.1) is 23.7 Å². The van der Waals surface area contributed by atoms with Crippen molar-refractivity contribution in [1.82, 2.24) is 0 Å². The van der Waals surface area contributed by atoms with Crippen molar-refractivity contribution in [3.05, 3.63) is 35.9 Å². The highest BCUT2D eigenvalue weighted by Gasteiger charge is 2.15. The molecule has 0 radical (unpaired) electrons. The van der Waals surface area contributed by atoms with E-state index in [2.05, 4.69) is 39.8 Å². The zero-order chi connectivity index (χ0) is 20.8. The lowest BCUT2D eigenvalue weighted by atomic mass is 9.83. The van der Waals surface area contributed by atoms with Gasteiger partial charge in [0.05, 0.1) is 12.7 Å². The van der Waals surface area contributed by atoms with Gasteiger partial charge in [0.15, 0.2) is 0 Å². The van der Waals surface area contributed by atoms with E-state index in [1.165, 1.54) is 31.2 Å². The summed E-state index contributed by atoms with van der Waals surface area (Å²) in [6, 6.07) is 10.2. The smallest absolute Gasteiger partial charge is 0.147 e. The van der Waals surface area contributed by atoms with Gasteiger partial charge in [-0.05, 0) is 74.7 Å². The quantitative estimate of drug-likeness (QED) is 0.260. The lowest BCUT2D eigenvalue weighted by Crippen LogP contribution is -2.13. The van der Waals surface area contributed by atoms with Crippen molar-refractivity contribution in [3.8, 4) is 0 Å². The first-order valence-electron chi connectivity index (χ1n) is 11.2. The second-order valence-electron chi connectivity index (χ2n) is 9.21. The Morgan fingerprint density at radius 3 is 1.93 bits per heavy atom. The molecule has 0 aliphatic heterocycles. The minimum atomic E-state index is -0.175. The van der Waals surface area contributed by atoms with Crippen molar-refractivity contribution in [1.29, 1.82) is 0 Å². The van der Waals surface area contributed by atoms with Gasteiger partial charge in [-0.2, -0.15) is 0 Å². The highest BCUT2D eigenvalue weighted by molar-refractivity contribution is 5.13. The molecule has 28 heavy (non-hydrogen) atoms. The predicted octanol–water partition coefficient (Wildman–Crippen LogP) is 6.44. The van der Waals surface area contributed by atoms with Crippen molar-refractivity contribution in [2.24, 2.45) is 23.7 Å². The van der Waals surface area contributed by atoms with Crippen LogP contribution in [0.3, 0.4) is 0 Å². The molecule has 162 valence electrons. The summed E-state index contributed by atoms with van der Waals surface area (Å²) in [6.07, 6.45) is 6.87. The van der Waals surface area contributed by atoms with Gasteiger partial charge in [0.25, 0.3) is 0 Å². The summed E-state index contributed by atoms with van der Waals surface area (Å²) in [6.45, 7) is 13.0. The Bertz CT molecular complexity index is 474. The second kappa shape index (κ2) is 15.0. The molecule has 0 heterocycles. The van der Waals surface area contributed by atoms with Crippen LogP contribution in [0.2, 0.25) is 0 Å². The minimum Gasteiger partial charge on any atom is -0.393 e. The molecule has 3 nitrogen and oxygen atoms in total. The highest BCUT2D eigenvalue weighted by Crippen LogP contribution is 2.27. The van der Waals surface area contributed by atoms with Crippen molar-refractivity contribution in [2.45, 2.75) is 85.9 Å². The fourth-order valence-corrected chi connectivity index (χ4v) is 4.43. The molecular weight excluding hydrogens is 348 g/mol. The molecule has 0 amide bonds. The maximum absolute atomic E-state index is 9.52. The topological polar surface area (TPSA) is 38.7 Å². The molecule has 1 rings (SSSR count). The van der Waals surface area contributed by atoms with Gasteiger partial charge in [-0.25, -0.2) is 0 Å².